The van der Waals surface area contributed by atoms with Crippen LogP contribution in [0.5, 0.6) is 0 Å². The Kier molecular flexibility index (Phi) is 3.55. The summed E-state index contributed by atoms with van der Waals surface area (Å²) in [6.07, 6.45) is 0. The van der Waals surface area contributed by atoms with E-state index in [1.807, 2.05) is 0 Å². The van der Waals surface area contributed by atoms with E-state index in [9.17, 15) is 4.79 Å². The lowest BCUT2D eigenvalue weighted by Gasteiger charge is -1.87. The van der Waals surface area contributed by atoms with Crippen LogP contribution in [0, 0.1) is 13.2 Å². The van der Waals surface area contributed by atoms with Crippen molar-refractivity contribution in [3.8, 4) is 0 Å². The zero-order valence-corrected chi connectivity index (χ0v) is 3.92. The molecule has 0 bridgehead atoms. The highest BCUT2D eigenvalue weighted by Crippen LogP contribution is 1.80. The zero-order valence-electron chi connectivity index (χ0n) is 3.92. The molecule has 0 fully saturated rings. The molecule has 0 atom stereocenters. The smallest absolute Gasteiger partial charge is 0.196 e. The van der Waals surface area contributed by atoms with Crippen LogP contribution in [-0.4, -0.2) is 18.0 Å². The molecule has 40 valence electrons. The average molecular weight is 102 g/mol. The first kappa shape index (κ1) is 6.59. The van der Waals surface area contributed by atoms with E-state index in [1.165, 1.54) is 7.11 Å². The summed E-state index contributed by atoms with van der Waals surface area (Å²) in [5, 5.41) is 7.88. The molecular weight excluding hydrogens is 96.0 g/mol. The van der Waals surface area contributed by atoms with Crippen molar-refractivity contribution in [2.45, 2.75) is 0 Å². The van der Waals surface area contributed by atoms with Crippen molar-refractivity contribution in [1.29, 1.82) is 0 Å². The lowest BCUT2D eigenvalue weighted by molar-refractivity contribution is -0.118. The molecule has 0 amide bonds. The number of hydrogen-bond acceptors (Lipinski definition) is 3. The van der Waals surface area contributed by atoms with E-state index in [2.05, 4.69) is 4.74 Å². The van der Waals surface area contributed by atoms with Gasteiger partial charge < -0.3 is 9.84 Å². The van der Waals surface area contributed by atoms with Crippen LogP contribution < -0.4 is 0 Å². The molecule has 0 saturated carbocycles. The minimum Gasteiger partial charge on any atom is -0.382 e. The van der Waals surface area contributed by atoms with Gasteiger partial charge in [-0.25, -0.2) is 0 Å². The van der Waals surface area contributed by atoms with Crippen LogP contribution in [0.25, 0.3) is 0 Å². The number of hydrogen-bond donors (Lipinski definition) is 1. The summed E-state index contributed by atoms with van der Waals surface area (Å²) in [7, 11) is 1.33. The molecule has 0 aromatic carbocycles. The van der Waals surface area contributed by atoms with Gasteiger partial charge in [-0.2, -0.15) is 0 Å². The summed E-state index contributed by atoms with van der Waals surface area (Å²) >= 11 is 0. The quantitative estimate of drug-likeness (QED) is 0.541. The van der Waals surface area contributed by atoms with E-state index in [0.717, 1.165) is 6.61 Å². The fraction of sp³-hybridized carbons (Fsp3) is 0.250. The molecule has 0 aromatic rings. The first-order chi connectivity index (χ1) is 3.31. The molecule has 2 radical (unpaired) electrons. The predicted octanol–water partition coefficient (Wildman–Crippen LogP) is -0.102. The summed E-state index contributed by atoms with van der Waals surface area (Å²) in [4.78, 5) is 9.93. The monoisotopic (exact) mass is 102 g/mol. The number of Topliss-reactive ketones (excluding diaryl/α,β-unsaturated/α-hetero) is 1. The fourth-order valence-electron chi connectivity index (χ4n) is 0.147. The Morgan fingerprint density at radius 1 is 1.86 bits per heavy atom. The summed E-state index contributed by atoms with van der Waals surface area (Å²) in [6, 6.07) is 0. The van der Waals surface area contributed by atoms with E-state index in [4.69, 9.17) is 5.11 Å². The van der Waals surface area contributed by atoms with E-state index in [1.54, 1.807) is 0 Å². The fourth-order valence-corrected chi connectivity index (χ4v) is 0.147. The number of rotatable bonds is 3. The molecule has 0 aromatic heterocycles. The van der Waals surface area contributed by atoms with Gasteiger partial charge in [0.15, 0.2) is 12.4 Å². The van der Waals surface area contributed by atoms with Gasteiger partial charge in [-0.05, 0) is 0 Å². The Morgan fingerprint density at radius 3 is 2.57 bits per heavy atom. The molecule has 0 aliphatic rings. The molecule has 0 spiro atoms. The maximum absolute atomic E-state index is 9.93. The largest absolute Gasteiger partial charge is 0.382 e. The molecule has 0 unspecified atom stereocenters. The van der Waals surface area contributed by atoms with Gasteiger partial charge in [-0.15, -0.1) is 0 Å². The molecule has 0 aliphatic heterocycles. The Balaban J connectivity index is 3.00. The molecule has 3 heteroatoms. The minimum atomic E-state index is -0.539. The van der Waals surface area contributed by atoms with Crippen molar-refractivity contribution in [3.63, 3.8) is 0 Å². The van der Waals surface area contributed by atoms with Crippen LogP contribution in [0.1, 0.15) is 0 Å². The summed E-state index contributed by atoms with van der Waals surface area (Å²) in [5.41, 5.74) is 0. The second kappa shape index (κ2) is 3.77. The molecular formula is C4H6O3. The number of aliphatic hydroxyl groups excluding tert-OH is 1. The van der Waals surface area contributed by atoms with E-state index in [0.29, 0.717) is 6.61 Å². The third-order valence-electron chi connectivity index (χ3n) is 0.361. The number of ketones is 1. The number of carbonyl (C=O) groups excluding carboxylic acids is 1. The topological polar surface area (TPSA) is 46.5 Å². The van der Waals surface area contributed by atoms with Crippen LogP contribution in [-0.2, 0) is 9.53 Å². The molecule has 1 N–H and O–H groups in total. The molecule has 0 heterocycles. The standard InChI is InChI=1S/C4H6O3/c1-7-3-4(6)2-5/h2-3,5H,1H3. The highest BCUT2D eigenvalue weighted by Gasteiger charge is 1.95. The van der Waals surface area contributed by atoms with Gasteiger partial charge >= 0.3 is 0 Å². The number of methoxy groups -OCH3 is 1. The van der Waals surface area contributed by atoms with Crippen molar-refractivity contribution in [2.24, 2.45) is 0 Å². The normalized spacial score (nSPS) is 8.86. The predicted molar refractivity (Wildman–Crippen MR) is 22.6 cm³/mol. The Hall–Kier alpha value is -0.410. The highest BCUT2D eigenvalue weighted by molar-refractivity contribution is 5.91. The van der Waals surface area contributed by atoms with E-state index in [-0.39, 0.29) is 0 Å². The minimum absolute atomic E-state index is 0.434. The third kappa shape index (κ3) is 3.42. The number of aliphatic hydroxyl groups is 1. The van der Waals surface area contributed by atoms with Crippen LogP contribution in [0.3, 0.4) is 0 Å². The zero-order chi connectivity index (χ0) is 5.70. The second-order valence-corrected chi connectivity index (χ2v) is 0.885. The van der Waals surface area contributed by atoms with Crippen molar-refractivity contribution < 1.29 is 14.6 Å². The Labute approximate surface area is 41.9 Å². The number of ether oxygens (including phenoxy) is 1. The van der Waals surface area contributed by atoms with Crippen LogP contribution in [0.4, 0.5) is 0 Å². The summed E-state index contributed by atoms with van der Waals surface area (Å²) in [6.45, 7) is 1.34. The lowest BCUT2D eigenvalue weighted by Crippen LogP contribution is -1.98. The Bertz CT molecular complexity index is 60.0. The lowest BCUT2D eigenvalue weighted by atomic mass is 10.5. The van der Waals surface area contributed by atoms with Crippen molar-refractivity contribution in [2.75, 3.05) is 7.11 Å². The average Bonchev–Trinajstić information content (AvgIpc) is 1.68. The maximum atomic E-state index is 9.93. The van der Waals surface area contributed by atoms with Gasteiger partial charge in [-0.1, -0.05) is 0 Å². The van der Waals surface area contributed by atoms with Crippen LogP contribution in [0.15, 0.2) is 0 Å². The van der Waals surface area contributed by atoms with Gasteiger partial charge in [0.25, 0.3) is 0 Å². The van der Waals surface area contributed by atoms with Crippen molar-refractivity contribution in [1.82, 2.24) is 0 Å². The summed E-state index contributed by atoms with van der Waals surface area (Å²) < 4.78 is 4.23. The van der Waals surface area contributed by atoms with E-state index >= 15 is 0 Å². The third-order valence-corrected chi connectivity index (χ3v) is 0.361. The van der Waals surface area contributed by atoms with Gasteiger partial charge in [-0.3, -0.25) is 4.79 Å². The SMILES string of the molecule is CO[CH]C(=O)[CH]O. The Morgan fingerprint density at radius 2 is 2.43 bits per heavy atom. The van der Waals surface area contributed by atoms with Gasteiger partial charge in [0.2, 0.25) is 0 Å². The van der Waals surface area contributed by atoms with Gasteiger partial charge in [0.1, 0.15) is 6.61 Å². The van der Waals surface area contributed by atoms with Crippen LogP contribution in [0.2, 0.25) is 0 Å². The van der Waals surface area contributed by atoms with Crippen molar-refractivity contribution >= 4 is 5.78 Å². The first-order valence-corrected chi connectivity index (χ1v) is 1.68. The molecule has 0 saturated heterocycles. The van der Waals surface area contributed by atoms with Gasteiger partial charge in [0.05, 0.1) is 0 Å². The second-order valence-electron chi connectivity index (χ2n) is 0.885. The van der Waals surface area contributed by atoms with Crippen molar-refractivity contribution in [3.05, 3.63) is 13.2 Å². The highest BCUT2D eigenvalue weighted by atomic mass is 16.5. The summed E-state index contributed by atoms with van der Waals surface area (Å²) in [5.74, 6) is -0.539. The number of carbonyl (C=O) groups is 1. The maximum Gasteiger partial charge on any atom is 0.196 e. The van der Waals surface area contributed by atoms with E-state index < -0.39 is 5.78 Å². The molecule has 7 heavy (non-hydrogen) atoms. The molecule has 3 nitrogen and oxygen atoms in total. The molecule has 0 aliphatic carbocycles. The first-order valence-electron chi connectivity index (χ1n) is 1.68. The molecule has 0 rings (SSSR count). The van der Waals surface area contributed by atoms with Gasteiger partial charge in [0, 0.05) is 7.11 Å². The van der Waals surface area contributed by atoms with Crippen LogP contribution >= 0.6 is 0 Å².